The van der Waals surface area contributed by atoms with Gasteiger partial charge in [0.1, 0.15) is 0 Å². The molecule has 9 heteroatoms. The quantitative estimate of drug-likeness (QED) is 0.342. The largest absolute Gasteiger partial charge is 0.417 e. The summed E-state index contributed by atoms with van der Waals surface area (Å²) < 4.78 is 67.5. The van der Waals surface area contributed by atoms with E-state index in [1.54, 1.807) is 36.4 Å². The number of nitrogens with zero attached hydrogens (tertiary/aromatic N) is 2. The first-order valence-corrected chi connectivity index (χ1v) is 11.4. The van der Waals surface area contributed by atoms with Gasteiger partial charge in [-0.3, -0.25) is 4.98 Å². The average Bonchev–Trinajstić information content (AvgIpc) is 3.05. The predicted octanol–water partition coefficient (Wildman–Crippen LogP) is 5.95. The summed E-state index contributed by atoms with van der Waals surface area (Å²) in [6.45, 7) is 1.86. The fourth-order valence-corrected chi connectivity index (χ4v) is 5.24. The maximum absolute atomic E-state index is 13.5. The lowest BCUT2D eigenvalue weighted by molar-refractivity contribution is -0.137. The summed E-state index contributed by atoms with van der Waals surface area (Å²) in [4.78, 5) is 4.02. The molecule has 0 N–H and O–H groups in total. The van der Waals surface area contributed by atoms with Crippen LogP contribution in [-0.4, -0.2) is 17.4 Å². The Bertz CT molecular complexity index is 1360. The topological polar surface area (TPSA) is 52.0 Å². The molecule has 0 aliphatic heterocycles. The molecule has 4 aromatic rings. The molecule has 0 unspecified atom stereocenters. The van der Waals surface area contributed by atoms with Crippen LogP contribution in [0.15, 0.2) is 76.2 Å². The second-order valence-corrected chi connectivity index (χ2v) is 9.84. The van der Waals surface area contributed by atoms with E-state index in [0.717, 1.165) is 22.3 Å². The molecule has 31 heavy (non-hydrogen) atoms. The Kier molecular flexibility index (Phi) is 5.43. The number of aryl methyl sites for hydroxylation is 1. The van der Waals surface area contributed by atoms with Crippen molar-refractivity contribution >= 4 is 36.9 Å². The van der Waals surface area contributed by atoms with Crippen LogP contribution < -0.4 is 0 Å². The molecule has 2 aromatic heterocycles. The number of halogens is 4. The van der Waals surface area contributed by atoms with E-state index in [1.807, 2.05) is 6.92 Å². The Morgan fingerprint density at radius 3 is 2.32 bits per heavy atom. The first-order chi connectivity index (χ1) is 14.6. The smallest absolute Gasteiger partial charge is 0.260 e. The van der Waals surface area contributed by atoms with Crippen molar-refractivity contribution in [1.29, 1.82) is 0 Å². The summed E-state index contributed by atoms with van der Waals surface area (Å²) >= 11 is 3.39. The molecular weight excluding hydrogens is 493 g/mol. The molecule has 0 amide bonds. The molecule has 0 bridgehead atoms. The first-order valence-electron chi connectivity index (χ1n) is 9.20. The van der Waals surface area contributed by atoms with Gasteiger partial charge >= 0.3 is 6.18 Å². The van der Waals surface area contributed by atoms with Crippen LogP contribution in [0, 0.1) is 6.92 Å². The molecular formula is C22H16BrF3N2O2S. The van der Waals surface area contributed by atoms with Gasteiger partial charge in [-0.25, -0.2) is 12.4 Å². The van der Waals surface area contributed by atoms with Gasteiger partial charge in [-0.2, -0.15) is 13.2 Å². The van der Waals surface area contributed by atoms with E-state index in [1.165, 1.54) is 22.2 Å². The summed E-state index contributed by atoms with van der Waals surface area (Å²) in [7, 11) is -3.94. The molecule has 0 spiro atoms. The maximum Gasteiger partial charge on any atom is 0.417 e. The molecule has 0 aliphatic rings. The summed E-state index contributed by atoms with van der Waals surface area (Å²) in [6, 6.07) is 15.6. The van der Waals surface area contributed by atoms with Crippen LogP contribution in [-0.2, 0) is 22.6 Å². The average molecular weight is 509 g/mol. The number of aromatic nitrogens is 2. The molecule has 0 saturated carbocycles. The Balaban J connectivity index is 1.85. The third kappa shape index (κ3) is 4.24. The van der Waals surface area contributed by atoms with Crippen LogP contribution >= 0.6 is 15.9 Å². The summed E-state index contributed by atoms with van der Waals surface area (Å²) in [6.07, 6.45) is -3.68. The van der Waals surface area contributed by atoms with E-state index in [2.05, 4.69) is 20.9 Å². The second kappa shape index (κ2) is 7.80. The lowest BCUT2D eigenvalue weighted by Gasteiger charge is -2.13. The molecule has 160 valence electrons. The monoisotopic (exact) mass is 508 g/mol. The van der Waals surface area contributed by atoms with Crippen molar-refractivity contribution in [1.82, 2.24) is 8.96 Å². The molecule has 0 atom stereocenters. The lowest BCUT2D eigenvalue weighted by atomic mass is 10.2. The second-order valence-electron chi connectivity index (χ2n) is 7.13. The van der Waals surface area contributed by atoms with Crippen LogP contribution in [0.4, 0.5) is 13.2 Å². The van der Waals surface area contributed by atoms with Crippen LogP contribution in [0.5, 0.6) is 0 Å². The number of hydrogen-bond acceptors (Lipinski definition) is 3. The van der Waals surface area contributed by atoms with E-state index in [9.17, 15) is 21.6 Å². The highest BCUT2D eigenvalue weighted by molar-refractivity contribution is 9.10. The number of alkyl halides is 3. The zero-order valence-corrected chi connectivity index (χ0v) is 18.6. The van der Waals surface area contributed by atoms with Gasteiger partial charge in [-0.05, 0) is 55.5 Å². The number of rotatable bonds is 4. The predicted molar refractivity (Wildman–Crippen MR) is 115 cm³/mol. The third-order valence-electron chi connectivity index (χ3n) is 4.86. The van der Waals surface area contributed by atoms with Crippen LogP contribution in [0.25, 0.3) is 10.9 Å². The van der Waals surface area contributed by atoms with Gasteiger partial charge in [-0.15, -0.1) is 0 Å². The van der Waals surface area contributed by atoms with Crippen molar-refractivity contribution in [2.75, 3.05) is 0 Å². The molecule has 2 heterocycles. The Labute approximate surface area is 185 Å². The van der Waals surface area contributed by atoms with Gasteiger partial charge in [0.15, 0.2) is 0 Å². The third-order valence-corrected chi connectivity index (χ3v) is 7.14. The van der Waals surface area contributed by atoms with E-state index < -0.39 is 21.8 Å². The maximum atomic E-state index is 13.5. The SMILES string of the molecule is Cc1ccc(S(=O)(=O)n2c(Cc3ccc(C(F)(F)F)cn3)cc3cc(Br)ccc32)cc1. The highest BCUT2D eigenvalue weighted by Crippen LogP contribution is 2.31. The van der Waals surface area contributed by atoms with Gasteiger partial charge in [0, 0.05) is 33.9 Å². The molecule has 4 nitrogen and oxygen atoms in total. The number of hydrogen-bond donors (Lipinski definition) is 0. The van der Waals surface area contributed by atoms with Crippen LogP contribution in [0.2, 0.25) is 0 Å². The molecule has 4 rings (SSSR count). The van der Waals surface area contributed by atoms with E-state index in [0.29, 0.717) is 22.3 Å². The number of pyridine rings is 1. The van der Waals surface area contributed by atoms with Gasteiger partial charge in [0.2, 0.25) is 0 Å². The molecule has 0 radical (unpaired) electrons. The highest BCUT2D eigenvalue weighted by atomic mass is 79.9. The summed E-state index contributed by atoms with van der Waals surface area (Å²) in [5.74, 6) is 0. The van der Waals surface area contributed by atoms with Gasteiger partial charge in [0.05, 0.1) is 16.0 Å². The van der Waals surface area contributed by atoms with Crippen molar-refractivity contribution in [2.24, 2.45) is 0 Å². The minimum atomic E-state index is -4.48. The van der Waals surface area contributed by atoms with Crippen LogP contribution in [0.1, 0.15) is 22.5 Å². The molecule has 0 saturated heterocycles. The first kappa shape index (κ1) is 21.6. The Morgan fingerprint density at radius 1 is 1.00 bits per heavy atom. The number of benzene rings is 2. The van der Waals surface area contributed by atoms with Crippen molar-refractivity contribution in [2.45, 2.75) is 24.4 Å². The van der Waals surface area contributed by atoms with Gasteiger partial charge < -0.3 is 0 Å². The zero-order chi connectivity index (χ0) is 22.4. The normalized spacial score (nSPS) is 12.4. The van der Waals surface area contributed by atoms with Crippen molar-refractivity contribution in [3.05, 3.63) is 93.8 Å². The molecule has 2 aromatic carbocycles. The summed E-state index contributed by atoms with van der Waals surface area (Å²) in [5.41, 5.74) is 1.28. The molecule has 0 fully saturated rings. The van der Waals surface area contributed by atoms with Crippen molar-refractivity contribution in [3.63, 3.8) is 0 Å². The fraction of sp³-hybridized carbons (Fsp3) is 0.136. The van der Waals surface area contributed by atoms with E-state index >= 15 is 0 Å². The standard InChI is InChI=1S/C22H16BrF3N2O2S/c1-14-2-7-20(8-3-14)31(29,30)28-19(11-15-10-17(23)5-9-21(15)28)12-18-6-4-16(13-27-18)22(24,25)26/h2-11,13H,12H2,1H3. The Morgan fingerprint density at radius 2 is 1.71 bits per heavy atom. The van der Waals surface area contributed by atoms with E-state index in [-0.39, 0.29) is 11.3 Å². The van der Waals surface area contributed by atoms with E-state index in [4.69, 9.17) is 0 Å². The lowest BCUT2D eigenvalue weighted by Crippen LogP contribution is -2.16. The minimum absolute atomic E-state index is 0.0511. The fourth-order valence-electron chi connectivity index (χ4n) is 3.32. The van der Waals surface area contributed by atoms with Gasteiger partial charge in [0.25, 0.3) is 10.0 Å². The van der Waals surface area contributed by atoms with Gasteiger partial charge in [-0.1, -0.05) is 33.6 Å². The highest BCUT2D eigenvalue weighted by Gasteiger charge is 2.31. The van der Waals surface area contributed by atoms with Crippen molar-refractivity contribution in [3.8, 4) is 0 Å². The number of fused-ring (bicyclic) bond motifs is 1. The minimum Gasteiger partial charge on any atom is -0.260 e. The Hall–Kier alpha value is -2.65. The zero-order valence-electron chi connectivity index (χ0n) is 16.2. The van der Waals surface area contributed by atoms with Crippen LogP contribution in [0.3, 0.4) is 0 Å². The molecule has 0 aliphatic carbocycles. The summed E-state index contributed by atoms with van der Waals surface area (Å²) in [5, 5.41) is 0.687. The van der Waals surface area contributed by atoms with Crippen molar-refractivity contribution < 1.29 is 21.6 Å².